The summed E-state index contributed by atoms with van der Waals surface area (Å²) in [5.41, 5.74) is 0. The van der Waals surface area contributed by atoms with Gasteiger partial charge in [-0.05, 0) is 18.3 Å². The van der Waals surface area contributed by atoms with Crippen LogP contribution in [0.25, 0.3) is 0 Å². The van der Waals surface area contributed by atoms with E-state index >= 15 is 0 Å². The van der Waals surface area contributed by atoms with E-state index in [-0.39, 0.29) is 10.5 Å². The Morgan fingerprint density at radius 1 is 0.800 bits per heavy atom. The number of quaternary nitrogens is 2. The third-order valence-corrected chi connectivity index (χ3v) is 3.69. The highest BCUT2D eigenvalue weighted by Crippen LogP contribution is 2.27. The number of Topliss-reactive ketones (excluding diaryl/α,β-unsaturated/α-hetero) is 1. The molecule has 3 fully saturated rings. The average Bonchev–Trinajstić information content (AvgIpc) is 2.35. The third-order valence-electron chi connectivity index (χ3n) is 3.18. The number of carbonyl (C=O) groups is 1. The predicted octanol–water partition coefficient (Wildman–Crippen LogP) is 3.92. The maximum atomic E-state index is 13.5. The van der Waals surface area contributed by atoms with Crippen molar-refractivity contribution in [3.05, 3.63) is 0 Å². The third kappa shape index (κ3) is 19.6. The van der Waals surface area contributed by atoms with E-state index in [1.807, 2.05) is 0 Å². The van der Waals surface area contributed by atoms with Gasteiger partial charge < -0.3 is 39.3 Å². The Labute approximate surface area is 145 Å². The fourth-order valence-corrected chi connectivity index (χ4v) is 2.38. The summed E-state index contributed by atoms with van der Waals surface area (Å²) in [6.45, 7) is 7.87. The summed E-state index contributed by atoms with van der Waals surface area (Å²) in [4.78, 5) is 9.44. The van der Waals surface area contributed by atoms with E-state index in [1.54, 1.807) is 0 Å². The molecule has 0 aromatic heterocycles. The number of piperazine rings is 3. The Balaban J connectivity index is 0. The minimum Gasteiger partial charge on any atom is -0.418 e. The Morgan fingerprint density at radius 2 is 1.00 bits per heavy atom. The fourth-order valence-electron chi connectivity index (χ4n) is 2.02. The van der Waals surface area contributed by atoms with Crippen molar-refractivity contribution in [2.45, 2.75) is 13.8 Å². The first-order valence-electron chi connectivity index (χ1n) is 7.10. The van der Waals surface area contributed by atoms with Crippen LogP contribution in [-0.2, 0) is 4.79 Å². The van der Waals surface area contributed by atoms with Crippen LogP contribution in [-0.4, -0.2) is 74.8 Å². The SMILES string of the molecule is CC(C)=O.F[B-](F)(F)F.F[B-](F)(F)F.F[N+]12CC[N+](CCl)(CC1)CC2. The zero-order chi connectivity index (χ0) is 20.5. The molecule has 3 saturated heterocycles. The molecule has 152 valence electrons. The van der Waals surface area contributed by atoms with Crippen LogP contribution < -0.4 is 0 Å². The molecule has 0 aromatic carbocycles. The summed E-state index contributed by atoms with van der Waals surface area (Å²) >= 11 is 5.85. The standard InChI is InChI=1S/C7H14ClFN2.C3H6O.2BF4/c8-7-10-1-4-11(9,5-2-10)6-3-10;1-3(2)4;2*2-1(3,4)5/h1-7H2;1-2H3;;/q+2;;2*-1. The quantitative estimate of drug-likeness (QED) is 0.159. The smallest absolute Gasteiger partial charge is 0.418 e. The van der Waals surface area contributed by atoms with Crippen molar-refractivity contribution in [2.75, 3.05) is 45.3 Å². The van der Waals surface area contributed by atoms with E-state index < -0.39 is 14.5 Å². The summed E-state index contributed by atoms with van der Waals surface area (Å²) in [6.07, 6.45) is 0. The Kier molecular flexibility index (Phi) is 11.2. The molecule has 0 spiro atoms. The lowest BCUT2D eigenvalue weighted by atomic mass is 10.2. The maximum absolute atomic E-state index is 13.5. The molecule has 25 heavy (non-hydrogen) atoms. The van der Waals surface area contributed by atoms with Gasteiger partial charge in [-0.25, -0.2) is 0 Å². The number of ketones is 1. The van der Waals surface area contributed by atoms with Crippen LogP contribution in [0.5, 0.6) is 0 Å². The van der Waals surface area contributed by atoms with E-state index in [4.69, 9.17) is 11.6 Å². The lowest BCUT2D eigenvalue weighted by molar-refractivity contribution is -1.15. The van der Waals surface area contributed by atoms with Crippen molar-refractivity contribution in [2.24, 2.45) is 0 Å². The molecule has 3 rings (SSSR count). The highest BCUT2D eigenvalue weighted by Gasteiger charge is 2.50. The van der Waals surface area contributed by atoms with Crippen molar-refractivity contribution in [1.29, 1.82) is 0 Å². The number of carbonyl (C=O) groups excluding carboxylic acids is 1. The highest BCUT2D eigenvalue weighted by atomic mass is 35.5. The first-order valence-corrected chi connectivity index (χ1v) is 7.63. The number of nitrogens with zero attached hydrogens (tertiary/aromatic N) is 2. The molecule has 0 radical (unpaired) electrons. The monoisotopic (exact) mass is 412 g/mol. The molecule has 0 N–H and O–H groups in total. The Bertz CT molecular complexity index is 356. The number of halogens is 10. The number of fused-ring (bicyclic) bond motifs is 3. The molecule has 0 unspecified atom stereocenters. The van der Waals surface area contributed by atoms with Crippen LogP contribution in [0.15, 0.2) is 0 Å². The van der Waals surface area contributed by atoms with E-state index in [1.165, 1.54) is 13.8 Å². The fraction of sp³-hybridized carbons (Fsp3) is 0.900. The largest absolute Gasteiger partial charge is 0.673 e. The van der Waals surface area contributed by atoms with Gasteiger partial charge in [-0.2, -0.15) is 0 Å². The number of rotatable bonds is 1. The van der Waals surface area contributed by atoms with Gasteiger partial charge in [0.15, 0.2) is 25.6 Å². The maximum Gasteiger partial charge on any atom is 0.673 e. The van der Waals surface area contributed by atoms with Gasteiger partial charge in [0.25, 0.3) is 0 Å². The zero-order valence-electron chi connectivity index (χ0n) is 13.7. The summed E-state index contributed by atoms with van der Waals surface area (Å²) in [5, 5.41) is 0. The molecular formula is C10H20B2ClF9N2O. The second-order valence-electron chi connectivity index (χ2n) is 5.73. The van der Waals surface area contributed by atoms with Gasteiger partial charge in [0.1, 0.15) is 25.4 Å². The van der Waals surface area contributed by atoms with Gasteiger partial charge in [0, 0.05) is 0 Å². The molecule has 2 bridgehead atoms. The second-order valence-corrected chi connectivity index (χ2v) is 5.97. The minimum atomic E-state index is -6.00. The van der Waals surface area contributed by atoms with Gasteiger partial charge in [-0.1, -0.05) is 11.6 Å². The highest BCUT2D eigenvalue weighted by molar-refractivity contribution is 6.50. The second kappa shape index (κ2) is 10.5. The average molecular weight is 412 g/mol. The van der Waals surface area contributed by atoms with Crippen LogP contribution in [0.1, 0.15) is 13.8 Å². The van der Waals surface area contributed by atoms with Crippen molar-refractivity contribution < 1.29 is 53.0 Å². The Morgan fingerprint density at radius 3 is 1.16 bits per heavy atom. The summed E-state index contributed by atoms with van der Waals surface area (Å²) in [5.74, 6) is 0.167. The van der Waals surface area contributed by atoms with Crippen LogP contribution in [0.2, 0.25) is 0 Å². The first-order chi connectivity index (χ1) is 10.9. The lowest BCUT2D eigenvalue weighted by Gasteiger charge is -2.48. The zero-order valence-corrected chi connectivity index (χ0v) is 14.4. The molecule has 3 heterocycles. The number of hydrogen-bond acceptors (Lipinski definition) is 1. The molecule has 0 aromatic rings. The molecule has 0 atom stereocenters. The predicted molar refractivity (Wildman–Crippen MR) is 78.3 cm³/mol. The summed E-state index contributed by atoms with van der Waals surface area (Å²) in [6, 6.07) is 0.667. The molecule has 3 aliphatic heterocycles. The van der Waals surface area contributed by atoms with Crippen molar-refractivity contribution in [3.63, 3.8) is 0 Å². The van der Waals surface area contributed by atoms with E-state index in [2.05, 4.69) is 0 Å². The van der Waals surface area contributed by atoms with Crippen LogP contribution in [0.4, 0.5) is 39.0 Å². The lowest BCUT2D eigenvalue weighted by Crippen LogP contribution is -2.71. The molecule has 3 nitrogen and oxygen atoms in total. The summed E-state index contributed by atoms with van der Waals surface area (Å²) < 4.78 is 92.3. The molecule has 0 aliphatic carbocycles. The van der Waals surface area contributed by atoms with E-state index in [9.17, 15) is 43.8 Å². The van der Waals surface area contributed by atoms with Crippen LogP contribution in [0, 0.1) is 0 Å². The number of alkyl halides is 1. The topological polar surface area (TPSA) is 17.1 Å². The van der Waals surface area contributed by atoms with Crippen LogP contribution in [0.3, 0.4) is 0 Å². The van der Waals surface area contributed by atoms with Crippen molar-refractivity contribution in [1.82, 2.24) is 0 Å². The first kappa shape index (κ1) is 26.6. The van der Waals surface area contributed by atoms with E-state index in [0.29, 0.717) is 25.6 Å². The summed E-state index contributed by atoms with van der Waals surface area (Å²) in [7, 11) is -12.0. The van der Waals surface area contributed by atoms with Gasteiger partial charge in [-0.3, -0.25) is 4.48 Å². The Hall–Kier alpha value is -0.620. The molecule has 3 aliphatic rings. The molecule has 0 amide bonds. The van der Waals surface area contributed by atoms with Gasteiger partial charge in [-0.15, -0.1) is 4.71 Å². The molecule has 15 heteroatoms. The van der Waals surface area contributed by atoms with Gasteiger partial charge >= 0.3 is 14.5 Å². The minimum absolute atomic E-state index is 0.167. The van der Waals surface area contributed by atoms with Crippen LogP contribution >= 0.6 is 11.6 Å². The number of hydrogen-bond donors (Lipinski definition) is 0. The van der Waals surface area contributed by atoms with E-state index in [0.717, 1.165) is 24.1 Å². The van der Waals surface area contributed by atoms with Crippen molar-refractivity contribution in [3.8, 4) is 0 Å². The molecular weight excluding hydrogens is 392 g/mol. The normalized spacial score (nSPS) is 27.7. The van der Waals surface area contributed by atoms with Gasteiger partial charge in [0.05, 0.1) is 0 Å². The molecule has 0 saturated carbocycles. The van der Waals surface area contributed by atoms with Crippen molar-refractivity contribution >= 4 is 31.9 Å². The van der Waals surface area contributed by atoms with Gasteiger partial charge in [0.2, 0.25) is 0 Å².